The number of allylic oxidation sites excluding steroid dienone is 26. The van der Waals surface area contributed by atoms with Gasteiger partial charge in [-0.1, -0.05) is 281 Å². The molecular weight excluding hydrogens is 949 g/mol. The highest BCUT2D eigenvalue weighted by molar-refractivity contribution is 5.71. The largest absolute Gasteiger partial charge is 0.462 e. The Bertz CT molecular complexity index is 1740. The predicted octanol–water partition coefficient (Wildman–Crippen LogP) is 21.3. The number of ether oxygens (including phenoxy) is 3. The second kappa shape index (κ2) is 63.6. The van der Waals surface area contributed by atoms with E-state index < -0.39 is 6.10 Å². The first-order valence-corrected chi connectivity index (χ1v) is 31.0. The van der Waals surface area contributed by atoms with Crippen molar-refractivity contribution in [2.24, 2.45) is 0 Å². The van der Waals surface area contributed by atoms with Crippen LogP contribution in [0.1, 0.15) is 252 Å². The summed E-state index contributed by atoms with van der Waals surface area (Å²) in [6, 6.07) is 0. The lowest BCUT2D eigenvalue weighted by atomic mass is 10.0. The minimum absolute atomic E-state index is 0.135. The van der Waals surface area contributed by atoms with E-state index in [0.29, 0.717) is 19.3 Å². The van der Waals surface area contributed by atoms with Crippen molar-refractivity contribution in [1.82, 2.24) is 0 Å². The van der Waals surface area contributed by atoms with Crippen molar-refractivity contribution in [2.75, 3.05) is 13.2 Å². The van der Waals surface area contributed by atoms with Crippen molar-refractivity contribution < 1.29 is 28.6 Å². The zero-order valence-corrected chi connectivity index (χ0v) is 49.4. The van der Waals surface area contributed by atoms with Crippen molar-refractivity contribution in [3.05, 3.63) is 158 Å². The highest BCUT2D eigenvalue weighted by Gasteiger charge is 2.19. The Balaban J connectivity index is 4.49. The van der Waals surface area contributed by atoms with E-state index in [2.05, 4.69) is 167 Å². The van der Waals surface area contributed by atoms with Gasteiger partial charge in [0, 0.05) is 19.3 Å². The Hall–Kier alpha value is -4.97. The van der Waals surface area contributed by atoms with Gasteiger partial charge in [-0.15, -0.1) is 0 Å². The Morgan fingerprint density at radius 3 is 0.857 bits per heavy atom. The molecule has 0 aromatic carbocycles. The van der Waals surface area contributed by atoms with Crippen LogP contribution < -0.4 is 0 Å². The summed E-state index contributed by atoms with van der Waals surface area (Å²) in [6.45, 7) is 6.30. The summed E-state index contributed by atoms with van der Waals surface area (Å²) in [7, 11) is 0. The molecule has 1 atom stereocenters. The van der Waals surface area contributed by atoms with Gasteiger partial charge in [0.15, 0.2) is 6.10 Å². The van der Waals surface area contributed by atoms with Gasteiger partial charge in [0.2, 0.25) is 0 Å². The van der Waals surface area contributed by atoms with Crippen molar-refractivity contribution in [3.8, 4) is 0 Å². The van der Waals surface area contributed by atoms with Crippen LogP contribution in [0.2, 0.25) is 0 Å². The molecule has 0 rings (SSSR count). The SMILES string of the molecule is CC/C=C\C/C=C\C/C=C\C/C=C\C/C=C\C/C=C\C/C=C\C/C=C\C/C=C\CCCC(=O)OCC(COC(=O)CC/C=C\C/C=C\C/C=C\C/C=C\CC)OC(=O)CCCCCCCCCCCCCCCCCCC. The summed E-state index contributed by atoms with van der Waals surface area (Å²) in [5.74, 6) is -1.07. The summed E-state index contributed by atoms with van der Waals surface area (Å²) >= 11 is 0. The fourth-order valence-corrected chi connectivity index (χ4v) is 7.99. The molecule has 0 fully saturated rings. The van der Waals surface area contributed by atoms with E-state index in [4.69, 9.17) is 14.2 Å². The van der Waals surface area contributed by atoms with Crippen LogP contribution in [0.15, 0.2) is 158 Å². The molecule has 0 bridgehead atoms. The molecule has 0 aliphatic rings. The molecule has 0 radical (unpaired) electrons. The predicted molar refractivity (Wildman–Crippen MR) is 334 cm³/mol. The summed E-state index contributed by atoms with van der Waals surface area (Å²) in [5, 5.41) is 0. The summed E-state index contributed by atoms with van der Waals surface area (Å²) in [6.07, 6.45) is 92.7. The Kier molecular flexibility index (Phi) is 59.5. The van der Waals surface area contributed by atoms with E-state index in [0.717, 1.165) is 109 Å². The van der Waals surface area contributed by atoms with E-state index in [9.17, 15) is 14.4 Å². The number of rotatable bonds is 54. The first kappa shape index (κ1) is 72.0. The molecule has 0 spiro atoms. The second-order valence-electron chi connectivity index (χ2n) is 19.9. The molecule has 0 heterocycles. The molecule has 6 nitrogen and oxygen atoms in total. The molecule has 0 aromatic rings. The Morgan fingerprint density at radius 1 is 0.273 bits per heavy atom. The van der Waals surface area contributed by atoms with Crippen LogP contribution in [-0.2, 0) is 28.6 Å². The first-order chi connectivity index (χ1) is 38.0. The molecule has 0 N–H and O–H groups in total. The molecule has 432 valence electrons. The first-order valence-electron chi connectivity index (χ1n) is 31.0. The third kappa shape index (κ3) is 61.8. The molecule has 6 heteroatoms. The molecule has 0 amide bonds. The van der Waals surface area contributed by atoms with Crippen molar-refractivity contribution in [1.29, 1.82) is 0 Å². The standard InChI is InChI=1S/C71H112O6/c1-4-7-10-13-16-19-22-25-27-29-30-31-32-33-34-35-36-37-38-39-40-42-43-46-49-52-55-58-61-64-70(73)76-67-68(66-75-69(72)63-60-57-54-51-48-45-24-21-18-15-12-9-6-3)77-71(74)65-62-59-56-53-50-47-44-41-28-26-23-20-17-14-11-8-5-2/h7,9-10,12,16,18-19,21,25,27,30-31,33-34,36-37,39-40,43,45-46,48,52,54-55,57,68H,4-6,8,11,13-15,17,20,22-24,26,28-29,32,35,38,41-42,44,47,49-51,53,56,58-67H2,1-3H3/b10-7-,12-9-,19-16-,21-18-,27-25-,31-30-,34-33-,37-36-,40-39-,46-43-,48-45-,55-52-,57-54-. The van der Waals surface area contributed by atoms with Gasteiger partial charge in [-0.3, -0.25) is 14.4 Å². The van der Waals surface area contributed by atoms with Crippen LogP contribution in [-0.4, -0.2) is 37.2 Å². The summed E-state index contributed by atoms with van der Waals surface area (Å²) in [4.78, 5) is 38.2. The van der Waals surface area contributed by atoms with Crippen LogP contribution in [0, 0.1) is 0 Å². The second-order valence-corrected chi connectivity index (χ2v) is 19.9. The average Bonchev–Trinajstić information content (AvgIpc) is 3.43. The molecular formula is C71H112O6. The lowest BCUT2D eigenvalue weighted by Gasteiger charge is -2.18. The number of unbranched alkanes of at least 4 members (excludes halogenated alkanes) is 17. The summed E-state index contributed by atoms with van der Waals surface area (Å²) < 4.78 is 16.8. The Morgan fingerprint density at radius 2 is 0.532 bits per heavy atom. The van der Waals surface area contributed by atoms with Gasteiger partial charge in [0.1, 0.15) is 13.2 Å². The van der Waals surface area contributed by atoms with Gasteiger partial charge in [0.05, 0.1) is 0 Å². The quantitative estimate of drug-likeness (QED) is 0.0261. The zero-order valence-electron chi connectivity index (χ0n) is 49.4. The lowest BCUT2D eigenvalue weighted by Crippen LogP contribution is -2.30. The minimum atomic E-state index is -0.836. The molecule has 0 aliphatic heterocycles. The van der Waals surface area contributed by atoms with Crippen LogP contribution in [0.25, 0.3) is 0 Å². The van der Waals surface area contributed by atoms with E-state index >= 15 is 0 Å². The Labute approximate surface area is 473 Å². The smallest absolute Gasteiger partial charge is 0.306 e. The van der Waals surface area contributed by atoms with E-state index in [1.165, 1.54) is 89.9 Å². The maximum absolute atomic E-state index is 12.9. The highest BCUT2D eigenvalue weighted by atomic mass is 16.6. The third-order valence-corrected chi connectivity index (χ3v) is 12.5. The monoisotopic (exact) mass is 1060 g/mol. The molecule has 1 unspecified atom stereocenters. The van der Waals surface area contributed by atoms with Crippen molar-refractivity contribution in [2.45, 2.75) is 258 Å². The zero-order chi connectivity index (χ0) is 55.7. The van der Waals surface area contributed by atoms with Gasteiger partial charge in [0.25, 0.3) is 0 Å². The van der Waals surface area contributed by atoms with E-state index in [1.807, 2.05) is 12.2 Å². The van der Waals surface area contributed by atoms with Crippen molar-refractivity contribution >= 4 is 17.9 Å². The van der Waals surface area contributed by atoms with Gasteiger partial charge >= 0.3 is 17.9 Å². The fourth-order valence-electron chi connectivity index (χ4n) is 7.99. The topological polar surface area (TPSA) is 78.9 Å². The van der Waals surface area contributed by atoms with Crippen LogP contribution >= 0.6 is 0 Å². The van der Waals surface area contributed by atoms with Gasteiger partial charge in [-0.2, -0.15) is 0 Å². The number of hydrogen-bond acceptors (Lipinski definition) is 6. The number of esters is 3. The minimum Gasteiger partial charge on any atom is -0.462 e. The van der Waals surface area contributed by atoms with Gasteiger partial charge in [-0.05, 0) is 109 Å². The maximum Gasteiger partial charge on any atom is 0.306 e. The highest BCUT2D eigenvalue weighted by Crippen LogP contribution is 2.15. The third-order valence-electron chi connectivity index (χ3n) is 12.5. The molecule has 0 aromatic heterocycles. The molecule has 0 aliphatic carbocycles. The van der Waals surface area contributed by atoms with E-state index in [-0.39, 0.29) is 44.0 Å². The van der Waals surface area contributed by atoms with Crippen LogP contribution in [0.5, 0.6) is 0 Å². The fraction of sp³-hybridized carbons (Fsp3) is 0.592. The lowest BCUT2D eigenvalue weighted by molar-refractivity contribution is -0.166. The number of carbonyl (C=O) groups is 3. The molecule has 77 heavy (non-hydrogen) atoms. The number of carbonyl (C=O) groups excluding carboxylic acids is 3. The average molecular weight is 1060 g/mol. The summed E-state index contributed by atoms with van der Waals surface area (Å²) in [5.41, 5.74) is 0. The number of hydrogen-bond donors (Lipinski definition) is 0. The molecule has 0 saturated heterocycles. The molecule has 0 saturated carbocycles. The van der Waals surface area contributed by atoms with Crippen molar-refractivity contribution in [3.63, 3.8) is 0 Å². The van der Waals surface area contributed by atoms with E-state index in [1.54, 1.807) is 0 Å². The van der Waals surface area contributed by atoms with Crippen LogP contribution in [0.4, 0.5) is 0 Å². The normalized spacial score (nSPS) is 13.2. The van der Waals surface area contributed by atoms with Gasteiger partial charge < -0.3 is 14.2 Å². The maximum atomic E-state index is 12.9. The van der Waals surface area contributed by atoms with Crippen LogP contribution in [0.3, 0.4) is 0 Å². The van der Waals surface area contributed by atoms with Gasteiger partial charge in [-0.25, -0.2) is 0 Å².